The van der Waals surface area contributed by atoms with Crippen LogP contribution < -0.4 is 0 Å². The Kier molecular flexibility index (Phi) is 6.81. The van der Waals surface area contributed by atoms with Crippen molar-refractivity contribution in [2.24, 2.45) is 46.3 Å². The van der Waals surface area contributed by atoms with Crippen LogP contribution in [0.25, 0.3) is 0 Å². The van der Waals surface area contributed by atoms with Crippen LogP contribution in [0.15, 0.2) is 0 Å². The smallest absolute Gasteiger partial charge is 0.305 e. The summed E-state index contributed by atoms with van der Waals surface area (Å²) in [7, 11) is 5.34. The highest BCUT2D eigenvalue weighted by Gasteiger charge is 2.64. The molecule has 0 aromatic carbocycles. The predicted molar refractivity (Wildman–Crippen MR) is 123 cm³/mol. The maximum atomic E-state index is 11.8. The SMILES string of the molecule is COC(=O)CCC(C)C1CCC2C3CCC4CC(OC)CCC4(C)C3CC(OC)C12C. The Morgan fingerprint density at radius 3 is 2.42 bits per heavy atom. The van der Waals surface area contributed by atoms with Crippen LogP contribution in [0.3, 0.4) is 0 Å². The Morgan fingerprint density at radius 2 is 1.74 bits per heavy atom. The molecule has 0 radical (unpaired) electrons. The fourth-order valence-corrected chi connectivity index (χ4v) is 9.33. The van der Waals surface area contributed by atoms with Crippen molar-refractivity contribution in [2.75, 3.05) is 21.3 Å². The second-order valence-electron chi connectivity index (χ2n) is 11.9. The molecule has 0 aromatic rings. The maximum absolute atomic E-state index is 11.8. The van der Waals surface area contributed by atoms with Crippen LogP contribution in [0.5, 0.6) is 0 Å². The topological polar surface area (TPSA) is 44.8 Å². The van der Waals surface area contributed by atoms with E-state index >= 15 is 0 Å². The van der Waals surface area contributed by atoms with Gasteiger partial charge in [-0.3, -0.25) is 4.79 Å². The number of carbonyl (C=O) groups is 1. The summed E-state index contributed by atoms with van der Waals surface area (Å²) in [4.78, 5) is 11.8. The first-order valence-electron chi connectivity index (χ1n) is 12.9. The van der Waals surface area contributed by atoms with Gasteiger partial charge < -0.3 is 14.2 Å². The maximum Gasteiger partial charge on any atom is 0.305 e. The van der Waals surface area contributed by atoms with Crippen LogP contribution in [0.2, 0.25) is 0 Å². The third-order valence-electron chi connectivity index (χ3n) is 11.1. The average molecular weight is 435 g/mol. The standard InChI is InChI=1S/C27H46O4/c1-17(7-12-25(28)31-6)21-10-11-22-20-9-8-18-15-19(29-4)13-14-26(18,2)23(20)16-24(30-5)27(21,22)3/h17-24H,7-16H2,1-6H3. The van der Waals surface area contributed by atoms with Gasteiger partial charge in [-0.1, -0.05) is 20.8 Å². The van der Waals surface area contributed by atoms with E-state index in [2.05, 4.69) is 20.8 Å². The van der Waals surface area contributed by atoms with Crippen LogP contribution in [0.1, 0.15) is 85.0 Å². The number of fused-ring (bicyclic) bond motifs is 5. The molecule has 0 N–H and O–H groups in total. The van der Waals surface area contributed by atoms with E-state index in [1.54, 1.807) is 0 Å². The van der Waals surface area contributed by atoms with Gasteiger partial charge in [0.1, 0.15) is 0 Å². The molecule has 4 fully saturated rings. The zero-order valence-corrected chi connectivity index (χ0v) is 20.8. The summed E-state index contributed by atoms with van der Waals surface area (Å²) in [6, 6.07) is 0. The van der Waals surface area contributed by atoms with E-state index in [0.717, 1.165) is 30.1 Å². The highest BCUT2D eigenvalue weighted by Crippen LogP contribution is 2.68. The average Bonchev–Trinajstić information content (AvgIpc) is 3.14. The molecule has 10 unspecified atom stereocenters. The first-order chi connectivity index (χ1) is 14.8. The largest absolute Gasteiger partial charge is 0.469 e. The fourth-order valence-electron chi connectivity index (χ4n) is 9.33. The number of ether oxygens (including phenoxy) is 3. The second kappa shape index (κ2) is 8.97. The number of methoxy groups -OCH3 is 3. The Balaban J connectivity index is 1.56. The van der Waals surface area contributed by atoms with Gasteiger partial charge in [0.2, 0.25) is 0 Å². The minimum atomic E-state index is -0.0727. The van der Waals surface area contributed by atoms with Crippen LogP contribution in [0.4, 0.5) is 0 Å². The zero-order chi connectivity index (χ0) is 22.4. The minimum Gasteiger partial charge on any atom is -0.469 e. The molecule has 0 bridgehead atoms. The summed E-state index contributed by atoms with van der Waals surface area (Å²) < 4.78 is 17.0. The highest BCUT2D eigenvalue weighted by molar-refractivity contribution is 5.69. The zero-order valence-electron chi connectivity index (χ0n) is 20.8. The van der Waals surface area contributed by atoms with Crippen molar-refractivity contribution in [3.8, 4) is 0 Å². The third-order valence-corrected chi connectivity index (χ3v) is 11.1. The van der Waals surface area contributed by atoms with Crippen molar-refractivity contribution in [1.29, 1.82) is 0 Å². The number of rotatable bonds is 6. The molecule has 4 heteroatoms. The summed E-state index contributed by atoms with van der Waals surface area (Å²) in [6.07, 6.45) is 12.7. The first kappa shape index (κ1) is 23.5. The molecule has 4 aliphatic carbocycles. The van der Waals surface area contributed by atoms with Crippen LogP contribution in [-0.4, -0.2) is 39.5 Å². The Labute approximate surface area is 190 Å². The van der Waals surface area contributed by atoms with E-state index in [-0.39, 0.29) is 11.4 Å². The summed E-state index contributed by atoms with van der Waals surface area (Å²) in [5.41, 5.74) is 0.684. The molecular weight excluding hydrogens is 388 g/mol. The quantitative estimate of drug-likeness (QED) is 0.490. The van der Waals surface area contributed by atoms with Crippen molar-refractivity contribution in [3.63, 3.8) is 0 Å². The molecule has 31 heavy (non-hydrogen) atoms. The number of carbonyl (C=O) groups excluding carboxylic acids is 1. The van der Waals surface area contributed by atoms with Crippen molar-refractivity contribution >= 4 is 5.97 Å². The summed E-state index contributed by atoms with van der Waals surface area (Å²) >= 11 is 0. The molecule has 4 saturated carbocycles. The van der Waals surface area contributed by atoms with Gasteiger partial charge in [-0.25, -0.2) is 0 Å². The van der Waals surface area contributed by atoms with E-state index in [9.17, 15) is 4.79 Å². The van der Waals surface area contributed by atoms with Gasteiger partial charge in [0, 0.05) is 20.6 Å². The van der Waals surface area contributed by atoms with E-state index in [0.29, 0.717) is 35.9 Å². The van der Waals surface area contributed by atoms with Gasteiger partial charge in [-0.05, 0) is 104 Å². The second-order valence-corrected chi connectivity index (χ2v) is 11.9. The van der Waals surface area contributed by atoms with Gasteiger partial charge in [-0.15, -0.1) is 0 Å². The Morgan fingerprint density at radius 1 is 0.968 bits per heavy atom. The van der Waals surface area contributed by atoms with Crippen molar-refractivity contribution in [1.82, 2.24) is 0 Å². The molecule has 0 spiro atoms. The Bertz CT molecular complexity index is 649. The third kappa shape index (κ3) is 3.78. The lowest BCUT2D eigenvalue weighted by molar-refractivity contribution is -0.184. The molecule has 4 rings (SSSR count). The summed E-state index contributed by atoms with van der Waals surface area (Å²) in [6.45, 7) is 7.52. The van der Waals surface area contributed by atoms with Crippen LogP contribution in [-0.2, 0) is 19.0 Å². The molecule has 10 atom stereocenters. The van der Waals surface area contributed by atoms with Crippen molar-refractivity contribution < 1.29 is 19.0 Å². The molecule has 0 aromatic heterocycles. The lowest BCUT2D eigenvalue weighted by atomic mass is 9.43. The first-order valence-corrected chi connectivity index (χ1v) is 12.9. The van der Waals surface area contributed by atoms with Gasteiger partial charge in [0.15, 0.2) is 0 Å². The lowest BCUT2D eigenvalue weighted by Crippen LogP contribution is -2.59. The van der Waals surface area contributed by atoms with E-state index in [1.807, 2.05) is 14.2 Å². The highest BCUT2D eigenvalue weighted by atomic mass is 16.5. The molecule has 0 aliphatic heterocycles. The van der Waals surface area contributed by atoms with Crippen LogP contribution >= 0.6 is 0 Å². The number of esters is 1. The minimum absolute atomic E-state index is 0.0727. The van der Waals surface area contributed by atoms with E-state index in [1.165, 1.54) is 58.5 Å². The molecule has 0 amide bonds. The summed E-state index contributed by atoms with van der Waals surface area (Å²) in [5.74, 6) is 4.31. The molecule has 4 nitrogen and oxygen atoms in total. The van der Waals surface area contributed by atoms with E-state index < -0.39 is 0 Å². The van der Waals surface area contributed by atoms with Crippen molar-refractivity contribution in [3.05, 3.63) is 0 Å². The molecule has 0 saturated heterocycles. The fraction of sp³-hybridized carbons (Fsp3) is 0.963. The summed E-state index contributed by atoms with van der Waals surface area (Å²) in [5, 5.41) is 0. The van der Waals surface area contributed by atoms with Crippen molar-refractivity contribution in [2.45, 2.75) is 97.2 Å². The van der Waals surface area contributed by atoms with Gasteiger partial charge in [0.25, 0.3) is 0 Å². The lowest BCUT2D eigenvalue weighted by Gasteiger charge is -2.63. The number of hydrogen-bond donors (Lipinski definition) is 0. The molecule has 0 heterocycles. The van der Waals surface area contributed by atoms with Crippen LogP contribution in [0, 0.1) is 46.3 Å². The molecule has 4 aliphatic rings. The van der Waals surface area contributed by atoms with E-state index in [4.69, 9.17) is 14.2 Å². The van der Waals surface area contributed by atoms with Gasteiger partial charge in [0.05, 0.1) is 19.3 Å². The molecular formula is C27H46O4. The number of hydrogen-bond acceptors (Lipinski definition) is 4. The monoisotopic (exact) mass is 434 g/mol. The van der Waals surface area contributed by atoms with Gasteiger partial charge in [-0.2, -0.15) is 0 Å². The molecule has 178 valence electrons. The Hall–Kier alpha value is -0.610. The van der Waals surface area contributed by atoms with Gasteiger partial charge >= 0.3 is 5.97 Å². The predicted octanol–water partition coefficient (Wildman–Crippen LogP) is 5.87. The normalized spacial score (nSPS) is 47.7.